The summed E-state index contributed by atoms with van der Waals surface area (Å²) < 4.78 is 1.85. The molecule has 1 aromatic heterocycles. The van der Waals surface area contributed by atoms with Crippen molar-refractivity contribution in [3.05, 3.63) is 48.3 Å². The van der Waals surface area contributed by atoms with Gasteiger partial charge in [-0.25, -0.2) is 4.68 Å². The molecule has 1 heterocycles. The normalized spacial score (nSPS) is 23.9. The van der Waals surface area contributed by atoms with Gasteiger partial charge in [-0.2, -0.15) is 5.10 Å². The zero-order valence-electron chi connectivity index (χ0n) is 12.4. The fraction of sp³-hybridized carbons (Fsp3) is 0.471. The van der Waals surface area contributed by atoms with Crippen LogP contribution in [0.2, 0.25) is 0 Å². The van der Waals surface area contributed by atoms with Crippen LogP contribution in [0.1, 0.15) is 44.2 Å². The van der Waals surface area contributed by atoms with E-state index in [0.29, 0.717) is 0 Å². The van der Waals surface area contributed by atoms with E-state index in [1.165, 1.54) is 12.0 Å². The van der Waals surface area contributed by atoms with Crippen LogP contribution in [0.3, 0.4) is 0 Å². The summed E-state index contributed by atoms with van der Waals surface area (Å²) >= 11 is 0. The minimum atomic E-state index is -0.204. The Bertz CT molecular complexity index is 550. The van der Waals surface area contributed by atoms with Crippen molar-refractivity contribution in [1.29, 1.82) is 0 Å². The van der Waals surface area contributed by atoms with Gasteiger partial charge in [0.2, 0.25) is 0 Å². The molecule has 3 unspecified atom stereocenters. The van der Waals surface area contributed by atoms with Crippen molar-refractivity contribution in [1.82, 2.24) is 15.1 Å². The minimum Gasteiger partial charge on any atom is -0.392 e. The Hall–Kier alpha value is -1.65. The molecular weight excluding hydrogens is 262 g/mol. The first kappa shape index (κ1) is 14.3. The molecule has 0 bridgehead atoms. The summed E-state index contributed by atoms with van der Waals surface area (Å²) in [5.41, 5.74) is 2.30. The van der Waals surface area contributed by atoms with Crippen LogP contribution in [0.4, 0.5) is 0 Å². The van der Waals surface area contributed by atoms with Crippen LogP contribution in [-0.4, -0.2) is 27.0 Å². The van der Waals surface area contributed by atoms with E-state index >= 15 is 0 Å². The SMILES string of the molecule is CC(NC1CCCCC1O)c1ccc(-n2cccn2)cc1. The number of hydrogen-bond acceptors (Lipinski definition) is 3. The lowest BCUT2D eigenvalue weighted by Gasteiger charge is -2.31. The van der Waals surface area contributed by atoms with Crippen LogP contribution in [0.15, 0.2) is 42.7 Å². The largest absolute Gasteiger partial charge is 0.392 e. The maximum Gasteiger partial charge on any atom is 0.0693 e. The molecule has 0 spiro atoms. The molecule has 3 rings (SSSR count). The van der Waals surface area contributed by atoms with E-state index in [9.17, 15) is 5.11 Å². The summed E-state index contributed by atoms with van der Waals surface area (Å²) in [6.07, 6.45) is 7.85. The first-order valence-corrected chi connectivity index (χ1v) is 7.78. The number of nitrogens with one attached hydrogen (secondary N) is 1. The molecule has 1 saturated carbocycles. The van der Waals surface area contributed by atoms with E-state index in [2.05, 4.69) is 41.6 Å². The van der Waals surface area contributed by atoms with Gasteiger partial charge in [-0.1, -0.05) is 25.0 Å². The van der Waals surface area contributed by atoms with Crippen molar-refractivity contribution in [3.8, 4) is 5.69 Å². The van der Waals surface area contributed by atoms with Crippen LogP contribution in [0.25, 0.3) is 5.69 Å². The van der Waals surface area contributed by atoms with Crippen LogP contribution in [0.5, 0.6) is 0 Å². The highest BCUT2D eigenvalue weighted by atomic mass is 16.3. The number of aliphatic hydroxyl groups excluding tert-OH is 1. The zero-order valence-corrected chi connectivity index (χ0v) is 12.4. The van der Waals surface area contributed by atoms with E-state index in [0.717, 1.165) is 24.9 Å². The molecule has 0 radical (unpaired) electrons. The Morgan fingerprint density at radius 3 is 2.67 bits per heavy atom. The second kappa shape index (κ2) is 6.41. The molecule has 3 atom stereocenters. The molecule has 0 aliphatic heterocycles. The van der Waals surface area contributed by atoms with Gasteiger partial charge in [0, 0.05) is 24.5 Å². The third-order valence-corrected chi connectivity index (χ3v) is 4.36. The maximum absolute atomic E-state index is 10.1. The molecule has 1 aliphatic carbocycles. The lowest BCUT2D eigenvalue weighted by molar-refractivity contribution is 0.0860. The van der Waals surface area contributed by atoms with Gasteiger partial charge in [-0.3, -0.25) is 0 Å². The predicted molar refractivity (Wildman–Crippen MR) is 83.4 cm³/mol. The first-order chi connectivity index (χ1) is 10.2. The smallest absolute Gasteiger partial charge is 0.0693 e. The van der Waals surface area contributed by atoms with E-state index in [1.54, 1.807) is 6.20 Å². The second-order valence-electron chi connectivity index (χ2n) is 5.89. The third kappa shape index (κ3) is 3.34. The molecule has 112 valence electrons. The van der Waals surface area contributed by atoms with Crippen LogP contribution < -0.4 is 5.32 Å². The fourth-order valence-electron chi connectivity index (χ4n) is 3.06. The van der Waals surface area contributed by atoms with E-state index in [-0.39, 0.29) is 18.2 Å². The van der Waals surface area contributed by atoms with Crippen molar-refractivity contribution < 1.29 is 5.11 Å². The Balaban J connectivity index is 1.66. The lowest BCUT2D eigenvalue weighted by Crippen LogP contribution is -2.43. The summed E-state index contributed by atoms with van der Waals surface area (Å²) in [5.74, 6) is 0. The number of aromatic nitrogens is 2. The summed E-state index contributed by atoms with van der Waals surface area (Å²) in [6, 6.07) is 10.8. The summed E-state index contributed by atoms with van der Waals surface area (Å²) in [5, 5.41) is 17.9. The van der Waals surface area contributed by atoms with Gasteiger partial charge in [0.05, 0.1) is 11.8 Å². The van der Waals surface area contributed by atoms with Crippen molar-refractivity contribution in [2.75, 3.05) is 0 Å². The number of rotatable bonds is 4. The maximum atomic E-state index is 10.1. The van der Waals surface area contributed by atoms with Crippen molar-refractivity contribution >= 4 is 0 Å². The van der Waals surface area contributed by atoms with E-state index in [4.69, 9.17) is 0 Å². The highest BCUT2D eigenvalue weighted by molar-refractivity contribution is 5.34. The molecule has 1 aromatic carbocycles. The van der Waals surface area contributed by atoms with Gasteiger partial charge < -0.3 is 10.4 Å². The topological polar surface area (TPSA) is 50.1 Å². The van der Waals surface area contributed by atoms with Crippen LogP contribution >= 0.6 is 0 Å². The molecule has 2 N–H and O–H groups in total. The first-order valence-electron chi connectivity index (χ1n) is 7.78. The average Bonchev–Trinajstić information content (AvgIpc) is 3.04. The number of aliphatic hydroxyl groups is 1. The predicted octanol–water partition coefficient (Wildman–Crippen LogP) is 2.83. The molecule has 4 nitrogen and oxygen atoms in total. The van der Waals surface area contributed by atoms with Gasteiger partial charge >= 0.3 is 0 Å². The van der Waals surface area contributed by atoms with Crippen molar-refractivity contribution in [3.63, 3.8) is 0 Å². The zero-order chi connectivity index (χ0) is 14.7. The van der Waals surface area contributed by atoms with Crippen LogP contribution in [0, 0.1) is 0 Å². The Kier molecular flexibility index (Phi) is 4.36. The van der Waals surface area contributed by atoms with Gasteiger partial charge in [0.15, 0.2) is 0 Å². The average molecular weight is 285 g/mol. The molecule has 4 heteroatoms. The summed E-state index contributed by atoms with van der Waals surface area (Å²) in [6.45, 7) is 2.16. The Morgan fingerprint density at radius 1 is 1.24 bits per heavy atom. The molecule has 0 saturated heterocycles. The molecule has 2 aromatic rings. The minimum absolute atomic E-state index is 0.204. The number of nitrogens with zero attached hydrogens (tertiary/aromatic N) is 2. The van der Waals surface area contributed by atoms with E-state index < -0.39 is 0 Å². The van der Waals surface area contributed by atoms with Crippen molar-refractivity contribution in [2.24, 2.45) is 0 Å². The highest BCUT2D eigenvalue weighted by Gasteiger charge is 2.24. The number of benzene rings is 1. The Morgan fingerprint density at radius 2 is 2.00 bits per heavy atom. The quantitative estimate of drug-likeness (QED) is 0.908. The second-order valence-corrected chi connectivity index (χ2v) is 5.89. The molecular formula is C17H23N3O. The van der Waals surface area contributed by atoms with E-state index in [1.807, 2.05) is 16.9 Å². The fourth-order valence-corrected chi connectivity index (χ4v) is 3.06. The molecule has 21 heavy (non-hydrogen) atoms. The molecule has 1 aliphatic rings. The Labute approximate surface area is 125 Å². The van der Waals surface area contributed by atoms with Gasteiger partial charge in [0.25, 0.3) is 0 Å². The van der Waals surface area contributed by atoms with Crippen LogP contribution in [-0.2, 0) is 0 Å². The van der Waals surface area contributed by atoms with Gasteiger partial charge in [-0.15, -0.1) is 0 Å². The third-order valence-electron chi connectivity index (χ3n) is 4.36. The number of hydrogen-bond donors (Lipinski definition) is 2. The molecule has 0 amide bonds. The molecule has 1 fully saturated rings. The standard InChI is InChI=1S/C17H23N3O/c1-13(19-16-5-2-3-6-17(16)21)14-7-9-15(10-8-14)20-12-4-11-18-20/h4,7-13,16-17,19,21H,2-3,5-6H2,1H3. The lowest BCUT2D eigenvalue weighted by atomic mass is 9.91. The van der Waals surface area contributed by atoms with Crippen molar-refractivity contribution in [2.45, 2.75) is 50.8 Å². The highest BCUT2D eigenvalue weighted by Crippen LogP contribution is 2.22. The summed E-state index contributed by atoms with van der Waals surface area (Å²) in [4.78, 5) is 0. The van der Waals surface area contributed by atoms with Gasteiger partial charge in [0.1, 0.15) is 0 Å². The monoisotopic (exact) mass is 285 g/mol. The summed E-state index contributed by atoms with van der Waals surface area (Å²) in [7, 11) is 0. The van der Waals surface area contributed by atoms with Gasteiger partial charge in [-0.05, 0) is 43.5 Å².